The summed E-state index contributed by atoms with van der Waals surface area (Å²) < 4.78 is 5.44. The molecule has 0 spiro atoms. The zero-order chi connectivity index (χ0) is 13.7. The Bertz CT molecular complexity index is 419. The van der Waals surface area contributed by atoms with E-state index in [0.717, 1.165) is 5.69 Å². The summed E-state index contributed by atoms with van der Waals surface area (Å²) in [6, 6.07) is 5.63. The third-order valence-electron chi connectivity index (χ3n) is 2.58. The fourth-order valence-corrected chi connectivity index (χ4v) is 1.72. The average molecular weight is 251 g/mol. The van der Waals surface area contributed by atoms with Crippen molar-refractivity contribution in [3.8, 4) is 5.75 Å². The van der Waals surface area contributed by atoms with Gasteiger partial charge in [0.2, 0.25) is 5.91 Å². The number of amides is 1. The van der Waals surface area contributed by atoms with E-state index >= 15 is 0 Å². The first-order valence-electron chi connectivity index (χ1n) is 6.03. The fraction of sp³-hybridized carbons (Fsp3) is 0.462. The van der Waals surface area contributed by atoms with Crippen molar-refractivity contribution in [3.05, 3.63) is 18.2 Å². The normalized spacial score (nSPS) is 10.4. The molecule has 0 atom stereocenters. The molecule has 100 valence electrons. The van der Waals surface area contributed by atoms with E-state index in [-0.39, 0.29) is 18.5 Å². The Morgan fingerprint density at radius 2 is 2.11 bits per heavy atom. The molecular weight excluding hydrogens is 230 g/mol. The SMILES string of the molecule is CCOc1cc(N(CC(N)=O)C(C)C)ccc1N. The van der Waals surface area contributed by atoms with Crippen LogP contribution in [0.1, 0.15) is 20.8 Å². The number of rotatable bonds is 6. The van der Waals surface area contributed by atoms with Crippen molar-refractivity contribution < 1.29 is 9.53 Å². The van der Waals surface area contributed by atoms with E-state index in [4.69, 9.17) is 16.2 Å². The molecule has 5 heteroatoms. The molecule has 0 radical (unpaired) electrons. The molecular formula is C13H21N3O2. The maximum absolute atomic E-state index is 11.1. The molecule has 0 bridgehead atoms. The van der Waals surface area contributed by atoms with E-state index in [1.807, 2.05) is 37.8 Å². The van der Waals surface area contributed by atoms with Crippen molar-refractivity contribution in [3.63, 3.8) is 0 Å². The van der Waals surface area contributed by atoms with Crippen molar-refractivity contribution in [2.45, 2.75) is 26.8 Å². The first kappa shape index (κ1) is 14.2. The Morgan fingerprint density at radius 3 is 2.61 bits per heavy atom. The number of ether oxygens (including phenoxy) is 1. The van der Waals surface area contributed by atoms with Gasteiger partial charge in [0.1, 0.15) is 5.75 Å². The van der Waals surface area contributed by atoms with Gasteiger partial charge in [-0.2, -0.15) is 0 Å². The van der Waals surface area contributed by atoms with Crippen LogP contribution in [0.4, 0.5) is 11.4 Å². The van der Waals surface area contributed by atoms with Gasteiger partial charge in [0, 0.05) is 17.8 Å². The zero-order valence-corrected chi connectivity index (χ0v) is 11.1. The number of hydrogen-bond acceptors (Lipinski definition) is 4. The quantitative estimate of drug-likeness (QED) is 0.748. The molecule has 0 aromatic heterocycles. The summed E-state index contributed by atoms with van der Waals surface area (Å²) in [7, 11) is 0. The summed E-state index contributed by atoms with van der Waals surface area (Å²) in [6.45, 7) is 6.62. The molecule has 0 saturated carbocycles. The third kappa shape index (κ3) is 3.55. The monoisotopic (exact) mass is 251 g/mol. The molecule has 1 aromatic carbocycles. The van der Waals surface area contributed by atoms with Crippen molar-refractivity contribution >= 4 is 17.3 Å². The molecule has 0 aliphatic carbocycles. The van der Waals surface area contributed by atoms with Gasteiger partial charge in [0.25, 0.3) is 0 Å². The largest absolute Gasteiger partial charge is 0.492 e. The summed E-state index contributed by atoms with van der Waals surface area (Å²) in [4.78, 5) is 13.0. The van der Waals surface area contributed by atoms with E-state index in [1.165, 1.54) is 0 Å². The van der Waals surface area contributed by atoms with E-state index in [1.54, 1.807) is 6.07 Å². The van der Waals surface area contributed by atoms with Gasteiger partial charge >= 0.3 is 0 Å². The Kier molecular flexibility index (Phi) is 4.83. The number of benzene rings is 1. The lowest BCUT2D eigenvalue weighted by Crippen LogP contribution is -2.38. The van der Waals surface area contributed by atoms with Gasteiger partial charge < -0.3 is 21.1 Å². The lowest BCUT2D eigenvalue weighted by Gasteiger charge is -2.28. The molecule has 4 N–H and O–H groups in total. The fourth-order valence-electron chi connectivity index (χ4n) is 1.72. The Hall–Kier alpha value is -1.91. The molecule has 1 amide bonds. The lowest BCUT2D eigenvalue weighted by molar-refractivity contribution is -0.116. The minimum Gasteiger partial charge on any atom is -0.492 e. The van der Waals surface area contributed by atoms with Crippen LogP contribution in [0.3, 0.4) is 0 Å². The number of anilines is 2. The number of nitrogens with two attached hydrogens (primary N) is 2. The van der Waals surface area contributed by atoms with Gasteiger partial charge in [0.15, 0.2) is 0 Å². The molecule has 5 nitrogen and oxygen atoms in total. The molecule has 1 aromatic rings. The van der Waals surface area contributed by atoms with Crippen molar-refractivity contribution in [2.24, 2.45) is 5.73 Å². The number of nitrogens with zero attached hydrogens (tertiary/aromatic N) is 1. The number of nitrogen functional groups attached to an aromatic ring is 1. The van der Waals surface area contributed by atoms with Crippen LogP contribution in [0.15, 0.2) is 18.2 Å². The zero-order valence-electron chi connectivity index (χ0n) is 11.1. The highest BCUT2D eigenvalue weighted by Crippen LogP contribution is 2.28. The average Bonchev–Trinajstić information content (AvgIpc) is 2.29. The molecule has 0 unspecified atom stereocenters. The van der Waals surface area contributed by atoms with E-state index in [0.29, 0.717) is 18.0 Å². The molecule has 18 heavy (non-hydrogen) atoms. The van der Waals surface area contributed by atoms with Gasteiger partial charge in [-0.15, -0.1) is 0 Å². The Labute approximate surface area is 108 Å². The molecule has 0 aliphatic heterocycles. The smallest absolute Gasteiger partial charge is 0.236 e. The van der Waals surface area contributed by atoms with Gasteiger partial charge in [-0.1, -0.05) is 0 Å². The second kappa shape index (κ2) is 6.14. The summed E-state index contributed by atoms with van der Waals surface area (Å²) in [5.74, 6) is 0.267. The first-order chi connectivity index (χ1) is 8.45. The van der Waals surface area contributed by atoms with Crippen LogP contribution < -0.4 is 21.1 Å². The second-order valence-electron chi connectivity index (χ2n) is 4.34. The standard InChI is InChI=1S/C13H21N3O2/c1-4-18-12-7-10(5-6-11(12)14)16(9(2)3)8-13(15)17/h5-7,9H,4,8,14H2,1-3H3,(H2,15,17). The highest BCUT2D eigenvalue weighted by atomic mass is 16.5. The van der Waals surface area contributed by atoms with Gasteiger partial charge in [-0.3, -0.25) is 4.79 Å². The van der Waals surface area contributed by atoms with Crippen LogP contribution in [0.2, 0.25) is 0 Å². The minimum atomic E-state index is -0.363. The molecule has 0 heterocycles. The number of carbonyl (C=O) groups excluding carboxylic acids is 1. The predicted octanol–water partition coefficient (Wildman–Crippen LogP) is 1.37. The van der Waals surface area contributed by atoms with Crippen LogP contribution in [0.25, 0.3) is 0 Å². The summed E-state index contributed by atoms with van der Waals surface area (Å²) in [5, 5.41) is 0. The van der Waals surface area contributed by atoms with E-state index < -0.39 is 0 Å². The molecule has 1 rings (SSSR count). The highest BCUT2D eigenvalue weighted by Gasteiger charge is 2.14. The van der Waals surface area contributed by atoms with Crippen LogP contribution in [-0.4, -0.2) is 25.1 Å². The number of primary amides is 1. The van der Waals surface area contributed by atoms with E-state index in [2.05, 4.69) is 0 Å². The maximum Gasteiger partial charge on any atom is 0.236 e. The summed E-state index contributed by atoms with van der Waals surface area (Å²) >= 11 is 0. The second-order valence-corrected chi connectivity index (χ2v) is 4.34. The number of hydrogen-bond donors (Lipinski definition) is 2. The Morgan fingerprint density at radius 1 is 1.44 bits per heavy atom. The first-order valence-corrected chi connectivity index (χ1v) is 6.03. The van der Waals surface area contributed by atoms with Crippen LogP contribution in [0.5, 0.6) is 5.75 Å². The van der Waals surface area contributed by atoms with Crippen LogP contribution in [0, 0.1) is 0 Å². The van der Waals surface area contributed by atoms with Crippen molar-refractivity contribution in [1.82, 2.24) is 0 Å². The molecule has 0 fully saturated rings. The topological polar surface area (TPSA) is 81.6 Å². The van der Waals surface area contributed by atoms with E-state index in [9.17, 15) is 4.79 Å². The summed E-state index contributed by atoms with van der Waals surface area (Å²) in [6.07, 6.45) is 0. The van der Waals surface area contributed by atoms with Crippen molar-refractivity contribution in [2.75, 3.05) is 23.8 Å². The highest BCUT2D eigenvalue weighted by molar-refractivity contribution is 5.80. The van der Waals surface area contributed by atoms with Gasteiger partial charge in [0.05, 0.1) is 18.8 Å². The van der Waals surface area contributed by atoms with Crippen LogP contribution >= 0.6 is 0 Å². The Balaban J connectivity index is 3.04. The van der Waals surface area contributed by atoms with Gasteiger partial charge in [-0.25, -0.2) is 0 Å². The third-order valence-corrected chi connectivity index (χ3v) is 2.58. The predicted molar refractivity (Wildman–Crippen MR) is 73.7 cm³/mol. The van der Waals surface area contributed by atoms with Gasteiger partial charge in [-0.05, 0) is 32.9 Å². The lowest BCUT2D eigenvalue weighted by atomic mass is 10.2. The van der Waals surface area contributed by atoms with Crippen molar-refractivity contribution in [1.29, 1.82) is 0 Å². The summed E-state index contributed by atoms with van der Waals surface area (Å²) in [5.41, 5.74) is 12.5. The molecule has 0 aliphatic rings. The number of carbonyl (C=O) groups is 1. The molecule has 0 saturated heterocycles. The van der Waals surface area contributed by atoms with Crippen LogP contribution in [-0.2, 0) is 4.79 Å². The maximum atomic E-state index is 11.1. The minimum absolute atomic E-state index is 0.163.